The average molecular weight is 235 g/mol. The quantitative estimate of drug-likeness (QED) is 0.650. The molecule has 6 heteroatoms. The van der Waals surface area contributed by atoms with E-state index >= 15 is 0 Å². The maximum Gasteiger partial charge on any atom is 0.481 e. The van der Waals surface area contributed by atoms with E-state index in [1.807, 2.05) is 0 Å². The lowest BCUT2D eigenvalue weighted by atomic mass is 9.71. The third-order valence-electron chi connectivity index (χ3n) is 4.53. The molecular formula is C10H15BF3O2-. The minimum absolute atomic E-state index is 0.340. The van der Waals surface area contributed by atoms with Crippen molar-refractivity contribution in [2.24, 2.45) is 5.41 Å². The molecule has 2 saturated carbocycles. The van der Waals surface area contributed by atoms with Gasteiger partial charge < -0.3 is 22.4 Å². The Morgan fingerprint density at radius 2 is 1.50 bits per heavy atom. The first kappa shape index (κ1) is 10.9. The molecule has 3 fully saturated rings. The second kappa shape index (κ2) is 3.16. The van der Waals surface area contributed by atoms with Gasteiger partial charge in [-0.2, -0.15) is 0 Å². The third-order valence-corrected chi connectivity index (χ3v) is 4.53. The smallest absolute Gasteiger partial charge is 0.449 e. The lowest BCUT2D eigenvalue weighted by molar-refractivity contribution is -0.184. The van der Waals surface area contributed by atoms with Crippen LogP contribution < -0.4 is 0 Å². The number of hydrogen-bond donors (Lipinski definition) is 0. The highest BCUT2D eigenvalue weighted by atomic mass is 19.4. The van der Waals surface area contributed by atoms with E-state index in [1.165, 1.54) is 0 Å². The second-order valence-electron chi connectivity index (χ2n) is 5.41. The standard InChI is InChI=1S/C10H15BF3O2/c12-11(13,14)8-7-9(8)1-3-10(4-2-9)15-5-6-16-10/h8H,1-7H2/q-1. The normalized spacial score (nSPS) is 35.8. The van der Waals surface area contributed by atoms with E-state index in [1.54, 1.807) is 0 Å². The van der Waals surface area contributed by atoms with E-state index in [4.69, 9.17) is 9.47 Å². The maximum atomic E-state index is 12.6. The summed E-state index contributed by atoms with van der Waals surface area (Å²) in [5.74, 6) is -1.54. The van der Waals surface area contributed by atoms with Crippen molar-refractivity contribution >= 4 is 6.98 Å². The highest BCUT2D eigenvalue weighted by molar-refractivity contribution is 6.61. The van der Waals surface area contributed by atoms with Crippen molar-refractivity contribution in [1.82, 2.24) is 0 Å². The predicted octanol–water partition coefficient (Wildman–Crippen LogP) is 2.91. The molecule has 0 amide bonds. The van der Waals surface area contributed by atoms with Gasteiger partial charge in [-0.05, 0) is 12.8 Å². The molecule has 2 spiro atoms. The Morgan fingerprint density at radius 3 is 1.94 bits per heavy atom. The molecule has 0 aromatic carbocycles. The monoisotopic (exact) mass is 235 g/mol. The molecule has 2 nitrogen and oxygen atoms in total. The van der Waals surface area contributed by atoms with Gasteiger partial charge >= 0.3 is 6.98 Å². The molecule has 0 radical (unpaired) electrons. The molecule has 3 aliphatic rings. The van der Waals surface area contributed by atoms with Gasteiger partial charge in [0.1, 0.15) is 0 Å². The fourth-order valence-electron chi connectivity index (χ4n) is 3.40. The summed E-state index contributed by atoms with van der Waals surface area (Å²) in [6.45, 7) is -3.48. The first-order valence-electron chi connectivity index (χ1n) is 5.94. The van der Waals surface area contributed by atoms with Crippen LogP contribution in [-0.4, -0.2) is 26.0 Å². The van der Waals surface area contributed by atoms with E-state index in [0.717, 1.165) is 0 Å². The molecule has 16 heavy (non-hydrogen) atoms. The summed E-state index contributed by atoms with van der Waals surface area (Å²) in [6.07, 6.45) is 2.83. The zero-order chi connectivity index (χ0) is 11.4. The van der Waals surface area contributed by atoms with Crippen LogP contribution in [0.25, 0.3) is 0 Å². The summed E-state index contributed by atoms with van der Waals surface area (Å²) in [7, 11) is 0. The first-order chi connectivity index (χ1) is 7.46. The van der Waals surface area contributed by atoms with Crippen molar-refractivity contribution < 1.29 is 22.4 Å². The van der Waals surface area contributed by atoms with Gasteiger partial charge in [0.2, 0.25) is 0 Å². The first-order valence-corrected chi connectivity index (χ1v) is 5.94. The lowest BCUT2D eigenvalue weighted by Crippen LogP contribution is -2.37. The van der Waals surface area contributed by atoms with Crippen LogP contribution >= 0.6 is 0 Å². The van der Waals surface area contributed by atoms with Crippen molar-refractivity contribution in [3.63, 3.8) is 0 Å². The highest BCUT2D eigenvalue weighted by Crippen LogP contribution is 2.71. The molecule has 1 unspecified atom stereocenters. The molecule has 3 rings (SSSR count). The third kappa shape index (κ3) is 1.58. The van der Waals surface area contributed by atoms with E-state index in [-0.39, 0.29) is 0 Å². The van der Waals surface area contributed by atoms with Crippen LogP contribution in [-0.2, 0) is 9.47 Å². The van der Waals surface area contributed by atoms with E-state index in [2.05, 4.69) is 0 Å². The molecule has 2 aliphatic carbocycles. The Hall–Kier alpha value is -0.225. The van der Waals surface area contributed by atoms with Crippen LogP contribution in [0.5, 0.6) is 0 Å². The summed E-state index contributed by atoms with van der Waals surface area (Å²) >= 11 is 0. The van der Waals surface area contributed by atoms with Crippen LogP contribution in [0.3, 0.4) is 0 Å². The molecule has 1 saturated heterocycles. The van der Waals surface area contributed by atoms with Crippen molar-refractivity contribution in [1.29, 1.82) is 0 Å². The zero-order valence-corrected chi connectivity index (χ0v) is 9.05. The average Bonchev–Trinajstić information content (AvgIpc) is 2.76. The molecule has 1 atom stereocenters. The van der Waals surface area contributed by atoms with Gasteiger partial charge in [0.05, 0.1) is 13.2 Å². The number of halogens is 3. The van der Waals surface area contributed by atoms with Gasteiger partial charge in [-0.15, -0.1) is 0 Å². The minimum atomic E-state index is -4.64. The summed E-state index contributed by atoms with van der Waals surface area (Å²) < 4.78 is 49.0. The summed E-state index contributed by atoms with van der Waals surface area (Å²) in [5.41, 5.74) is -0.446. The molecule has 92 valence electrons. The summed E-state index contributed by atoms with van der Waals surface area (Å²) in [6, 6.07) is 0. The molecule has 0 aromatic heterocycles. The van der Waals surface area contributed by atoms with Crippen molar-refractivity contribution in [3.8, 4) is 0 Å². The van der Waals surface area contributed by atoms with E-state index in [0.29, 0.717) is 45.3 Å². The number of hydrogen-bond acceptors (Lipinski definition) is 2. The van der Waals surface area contributed by atoms with Crippen molar-refractivity contribution in [3.05, 3.63) is 0 Å². The van der Waals surface area contributed by atoms with Crippen molar-refractivity contribution in [2.45, 2.75) is 43.7 Å². The van der Waals surface area contributed by atoms with Crippen molar-refractivity contribution in [2.75, 3.05) is 13.2 Å². The topological polar surface area (TPSA) is 18.5 Å². The molecular weight excluding hydrogens is 220 g/mol. The van der Waals surface area contributed by atoms with Crippen LogP contribution in [0.15, 0.2) is 0 Å². The van der Waals surface area contributed by atoms with Gasteiger partial charge in [0.25, 0.3) is 0 Å². The minimum Gasteiger partial charge on any atom is -0.449 e. The van der Waals surface area contributed by atoms with Gasteiger partial charge in [-0.25, -0.2) is 0 Å². The highest BCUT2D eigenvalue weighted by Gasteiger charge is 2.63. The maximum absolute atomic E-state index is 12.6. The van der Waals surface area contributed by atoms with Gasteiger partial charge in [0, 0.05) is 12.8 Å². The van der Waals surface area contributed by atoms with E-state index < -0.39 is 24.0 Å². The Morgan fingerprint density at radius 1 is 0.938 bits per heavy atom. The summed E-state index contributed by atoms with van der Waals surface area (Å²) in [4.78, 5) is 0. The molecule has 1 heterocycles. The van der Waals surface area contributed by atoms with E-state index in [9.17, 15) is 12.9 Å². The van der Waals surface area contributed by atoms with Crippen LogP contribution in [0.2, 0.25) is 5.82 Å². The largest absolute Gasteiger partial charge is 0.481 e. The molecule has 0 bridgehead atoms. The Kier molecular flexibility index (Phi) is 2.15. The Bertz CT molecular complexity index is 289. The predicted molar refractivity (Wildman–Crippen MR) is 53.0 cm³/mol. The SMILES string of the molecule is F[B-](F)(F)C1CC12CCC1(CC2)OCCO1. The lowest BCUT2D eigenvalue weighted by Gasteiger charge is -2.37. The number of rotatable bonds is 1. The fourth-order valence-corrected chi connectivity index (χ4v) is 3.40. The second-order valence-corrected chi connectivity index (χ2v) is 5.41. The Labute approximate surface area is 92.5 Å². The number of ether oxygens (including phenoxy) is 2. The molecule has 1 aliphatic heterocycles. The van der Waals surface area contributed by atoms with Crippen LogP contribution in [0.1, 0.15) is 32.1 Å². The van der Waals surface area contributed by atoms with Crippen LogP contribution in [0, 0.1) is 5.41 Å². The molecule has 0 aromatic rings. The van der Waals surface area contributed by atoms with Gasteiger partial charge in [0.15, 0.2) is 5.79 Å². The Balaban J connectivity index is 1.64. The fraction of sp³-hybridized carbons (Fsp3) is 1.00. The van der Waals surface area contributed by atoms with Gasteiger partial charge in [-0.3, -0.25) is 0 Å². The summed E-state index contributed by atoms with van der Waals surface area (Å²) in [5, 5.41) is 0. The molecule has 0 N–H and O–H groups in total. The van der Waals surface area contributed by atoms with Crippen LogP contribution in [0.4, 0.5) is 12.9 Å². The zero-order valence-electron chi connectivity index (χ0n) is 9.05. The van der Waals surface area contributed by atoms with Gasteiger partial charge in [-0.1, -0.05) is 17.7 Å².